The molecule has 0 saturated heterocycles. The van der Waals surface area contributed by atoms with Crippen LogP contribution >= 0.6 is 45.8 Å². The van der Waals surface area contributed by atoms with E-state index < -0.39 is 5.91 Å². The number of benzene rings is 1. The van der Waals surface area contributed by atoms with Crippen molar-refractivity contribution in [3.63, 3.8) is 0 Å². The maximum absolute atomic E-state index is 12.0. The zero-order valence-electron chi connectivity index (χ0n) is 10.4. The monoisotopic (exact) mass is 438 g/mol. The molecule has 0 spiro atoms. The van der Waals surface area contributed by atoms with Crippen LogP contribution in [-0.4, -0.2) is 15.5 Å². The Labute approximate surface area is 143 Å². The van der Waals surface area contributed by atoms with E-state index in [0.29, 0.717) is 8.59 Å². The van der Waals surface area contributed by atoms with Gasteiger partial charge in [-0.05, 0) is 34.7 Å². The number of hydrogen-bond donors (Lipinski definition) is 2. The number of amides is 1. The van der Waals surface area contributed by atoms with Crippen molar-refractivity contribution in [2.24, 2.45) is 0 Å². The Bertz CT molecular complexity index is 740. The number of carbonyl (C=O) groups is 1. The van der Waals surface area contributed by atoms with E-state index in [1.807, 2.05) is 22.6 Å². The summed E-state index contributed by atoms with van der Waals surface area (Å²) in [5.74, 6) is -0.447. The first-order valence-electron chi connectivity index (χ1n) is 5.63. The van der Waals surface area contributed by atoms with E-state index in [-0.39, 0.29) is 28.5 Å². The van der Waals surface area contributed by atoms with Gasteiger partial charge >= 0.3 is 0 Å². The third kappa shape index (κ3) is 3.86. The minimum atomic E-state index is -0.447. The summed E-state index contributed by atoms with van der Waals surface area (Å²) in [4.78, 5) is 27.6. The Hall–Kier alpha value is -1.32. The van der Waals surface area contributed by atoms with Gasteiger partial charge in [-0.15, -0.1) is 0 Å². The van der Waals surface area contributed by atoms with E-state index in [4.69, 9.17) is 28.9 Å². The molecular formula is C12H9Cl2IN4O2. The number of nitrogen functional groups attached to an aromatic ring is 1. The molecule has 0 aliphatic heterocycles. The minimum Gasteiger partial charge on any atom is -0.397 e. The average Bonchev–Trinajstić information content (AvgIpc) is 2.39. The van der Waals surface area contributed by atoms with Crippen molar-refractivity contribution in [2.75, 3.05) is 11.1 Å². The van der Waals surface area contributed by atoms with Gasteiger partial charge in [0.1, 0.15) is 6.54 Å². The minimum absolute atomic E-state index is 0.193. The second-order valence-electron chi connectivity index (χ2n) is 4.07. The molecule has 0 radical (unpaired) electrons. The predicted molar refractivity (Wildman–Crippen MR) is 90.7 cm³/mol. The Morgan fingerprint density at radius 1 is 1.43 bits per heavy atom. The molecule has 0 aliphatic carbocycles. The van der Waals surface area contributed by atoms with Gasteiger partial charge in [0, 0.05) is 11.2 Å². The molecule has 9 heteroatoms. The van der Waals surface area contributed by atoms with Crippen LogP contribution in [0.15, 0.2) is 29.5 Å². The molecule has 0 atom stereocenters. The van der Waals surface area contributed by atoms with Gasteiger partial charge in [-0.3, -0.25) is 14.2 Å². The number of nitrogens with one attached hydrogen (secondary N) is 1. The lowest BCUT2D eigenvalue weighted by atomic mass is 10.2. The van der Waals surface area contributed by atoms with Gasteiger partial charge in [-0.2, -0.15) is 0 Å². The van der Waals surface area contributed by atoms with Crippen LogP contribution in [0.2, 0.25) is 10.0 Å². The van der Waals surface area contributed by atoms with E-state index in [0.717, 1.165) is 0 Å². The number of nitrogens with zero attached hydrogens (tertiary/aromatic N) is 2. The molecule has 1 aromatic heterocycles. The fourth-order valence-corrected chi connectivity index (χ4v) is 2.62. The highest BCUT2D eigenvalue weighted by atomic mass is 127. The zero-order valence-corrected chi connectivity index (χ0v) is 14.1. The first kappa shape index (κ1) is 16.1. The molecule has 0 fully saturated rings. The van der Waals surface area contributed by atoms with E-state index in [9.17, 15) is 9.59 Å². The SMILES string of the molecule is Nc1cc(Cl)cc(Cl)c1NC(=O)Cn1cncc(I)c1=O. The summed E-state index contributed by atoms with van der Waals surface area (Å²) in [6, 6.07) is 2.94. The first-order valence-corrected chi connectivity index (χ1v) is 7.46. The van der Waals surface area contributed by atoms with Crippen molar-refractivity contribution in [3.05, 3.63) is 48.6 Å². The number of nitrogens with two attached hydrogens (primary N) is 1. The summed E-state index contributed by atoms with van der Waals surface area (Å²) in [7, 11) is 0. The van der Waals surface area contributed by atoms with Gasteiger partial charge in [-0.25, -0.2) is 4.98 Å². The van der Waals surface area contributed by atoms with Gasteiger partial charge in [0.2, 0.25) is 5.91 Å². The Kier molecular flexibility index (Phi) is 5.07. The Balaban J connectivity index is 2.20. The first-order chi connectivity index (χ1) is 9.88. The number of halogens is 3. The van der Waals surface area contributed by atoms with Crippen molar-refractivity contribution < 1.29 is 4.79 Å². The maximum atomic E-state index is 12.0. The molecule has 1 amide bonds. The second-order valence-corrected chi connectivity index (χ2v) is 6.08. The van der Waals surface area contributed by atoms with Crippen LogP contribution in [0.1, 0.15) is 0 Å². The van der Waals surface area contributed by atoms with Crippen LogP contribution in [0.5, 0.6) is 0 Å². The standard InChI is InChI=1S/C12H9Cl2IN4O2/c13-6-1-7(14)11(9(16)2-6)18-10(20)4-19-5-17-3-8(15)12(19)21/h1-3,5H,4,16H2,(H,18,20). The third-order valence-corrected chi connectivity index (χ3v) is 3.78. The highest BCUT2D eigenvalue weighted by Gasteiger charge is 2.12. The lowest BCUT2D eigenvalue weighted by Crippen LogP contribution is -2.29. The zero-order chi connectivity index (χ0) is 15.6. The average molecular weight is 439 g/mol. The summed E-state index contributed by atoms with van der Waals surface area (Å²) in [6.07, 6.45) is 2.71. The van der Waals surface area contributed by atoms with Gasteiger partial charge in [0.05, 0.1) is 26.3 Å². The summed E-state index contributed by atoms with van der Waals surface area (Å²) >= 11 is 13.6. The number of aromatic nitrogens is 2. The smallest absolute Gasteiger partial charge is 0.267 e. The van der Waals surface area contributed by atoms with Crippen molar-refractivity contribution in [3.8, 4) is 0 Å². The Morgan fingerprint density at radius 3 is 2.81 bits per heavy atom. The molecule has 21 heavy (non-hydrogen) atoms. The third-order valence-electron chi connectivity index (χ3n) is 2.52. The topological polar surface area (TPSA) is 90.0 Å². The largest absolute Gasteiger partial charge is 0.397 e. The van der Waals surface area contributed by atoms with E-state index >= 15 is 0 Å². The van der Waals surface area contributed by atoms with Crippen molar-refractivity contribution in [1.29, 1.82) is 0 Å². The lowest BCUT2D eigenvalue weighted by Gasteiger charge is -2.11. The normalized spacial score (nSPS) is 10.4. The molecule has 0 aliphatic rings. The van der Waals surface area contributed by atoms with Crippen LogP contribution < -0.4 is 16.6 Å². The van der Waals surface area contributed by atoms with Gasteiger partial charge in [-0.1, -0.05) is 23.2 Å². The summed E-state index contributed by atoms with van der Waals surface area (Å²) in [5, 5.41) is 3.15. The number of anilines is 2. The molecule has 2 aromatic rings. The van der Waals surface area contributed by atoms with Crippen molar-refractivity contribution in [1.82, 2.24) is 9.55 Å². The van der Waals surface area contributed by atoms with E-state index in [1.165, 1.54) is 29.2 Å². The summed E-state index contributed by atoms with van der Waals surface area (Å²) < 4.78 is 1.61. The van der Waals surface area contributed by atoms with Crippen LogP contribution in [-0.2, 0) is 11.3 Å². The Morgan fingerprint density at radius 2 is 2.14 bits per heavy atom. The second kappa shape index (κ2) is 6.63. The van der Waals surface area contributed by atoms with Gasteiger partial charge < -0.3 is 11.1 Å². The van der Waals surface area contributed by atoms with Crippen LogP contribution in [0.4, 0.5) is 11.4 Å². The molecule has 0 saturated carbocycles. The highest BCUT2D eigenvalue weighted by Crippen LogP contribution is 2.31. The highest BCUT2D eigenvalue weighted by molar-refractivity contribution is 14.1. The summed E-state index contributed by atoms with van der Waals surface area (Å²) in [6.45, 7) is -0.193. The fraction of sp³-hybridized carbons (Fsp3) is 0.0833. The summed E-state index contributed by atoms with van der Waals surface area (Å²) in [5.41, 5.74) is 5.96. The molecule has 0 bridgehead atoms. The van der Waals surface area contributed by atoms with E-state index in [1.54, 1.807) is 0 Å². The fourth-order valence-electron chi connectivity index (χ4n) is 1.60. The van der Waals surface area contributed by atoms with Crippen molar-refractivity contribution >= 4 is 63.1 Å². The molecule has 2 rings (SSSR count). The molecule has 0 unspecified atom stereocenters. The van der Waals surface area contributed by atoms with E-state index in [2.05, 4.69) is 10.3 Å². The quantitative estimate of drug-likeness (QED) is 0.568. The van der Waals surface area contributed by atoms with Gasteiger partial charge in [0.15, 0.2) is 0 Å². The number of hydrogen-bond acceptors (Lipinski definition) is 4. The molecule has 3 N–H and O–H groups in total. The van der Waals surface area contributed by atoms with Gasteiger partial charge in [0.25, 0.3) is 5.56 Å². The number of carbonyl (C=O) groups excluding carboxylic acids is 1. The molecular weight excluding hydrogens is 430 g/mol. The molecule has 1 heterocycles. The lowest BCUT2D eigenvalue weighted by molar-refractivity contribution is -0.116. The van der Waals surface area contributed by atoms with Crippen LogP contribution in [0.25, 0.3) is 0 Å². The number of rotatable bonds is 3. The predicted octanol–water partition coefficient (Wildman–Crippen LogP) is 2.38. The molecule has 1 aromatic carbocycles. The molecule has 110 valence electrons. The van der Waals surface area contributed by atoms with Crippen LogP contribution in [0, 0.1) is 3.57 Å². The maximum Gasteiger partial charge on any atom is 0.267 e. The molecule has 6 nitrogen and oxygen atoms in total. The van der Waals surface area contributed by atoms with Crippen molar-refractivity contribution in [2.45, 2.75) is 6.54 Å². The van der Waals surface area contributed by atoms with Crippen LogP contribution in [0.3, 0.4) is 0 Å².